The molecule has 2 rings (SSSR count). The fourth-order valence-electron chi connectivity index (χ4n) is 1.92. The number of carboxylic acids is 1. The molecule has 1 aliphatic rings. The highest BCUT2D eigenvalue weighted by atomic mass is 35.5. The molecule has 1 N–H and O–H groups in total. The van der Waals surface area contributed by atoms with Crippen LogP contribution in [0.1, 0.15) is 18.9 Å². The molecule has 0 spiro atoms. The Morgan fingerprint density at radius 1 is 1.69 bits per heavy atom. The SMILES string of the molecule is CC(CC1Cc2cc(Cl)ccc2O1)C(=O)O. The normalized spacial score (nSPS) is 20.0. The first-order chi connectivity index (χ1) is 7.56. The maximum Gasteiger partial charge on any atom is 0.306 e. The predicted molar refractivity (Wildman–Crippen MR) is 61.0 cm³/mol. The van der Waals surface area contributed by atoms with E-state index < -0.39 is 5.97 Å². The van der Waals surface area contributed by atoms with E-state index in [9.17, 15) is 4.79 Å². The maximum atomic E-state index is 10.7. The molecule has 0 aromatic heterocycles. The van der Waals surface area contributed by atoms with Crippen molar-refractivity contribution in [1.29, 1.82) is 0 Å². The van der Waals surface area contributed by atoms with Crippen molar-refractivity contribution in [3.63, 3.8) is 0 Å². The Labute approximate surface area is 99.0 Å². The van der Waals surface area contributed by atoms with E-state index in [4.69, 9.17) is 21.4 Å². The molecule has 0 saturated heterocycles. The molecule has 1 aromatic carbocycles. The number of rotatable bonds is 3. The van der Waals surface area contributed by atoms with E-state index in [-0.39, 0.29) is 12.0 Å². The van der Waals surface area contributed by atoms with Crippen LogP contribution >= 0.6 is 11.6 Å². The number of carboxylic acid groups (broad SMARTS) is 1. The highest BCUT2D eigenvalue weighted by Gasteiger charge is 2.26. The predicted octanol–water partition coefficient (Wildman–Crippen LogP) is 2.75. The van der Waals surface area contributed by atoms with E-state index in [0.29, 0.717) is 11.4 Å². The fourth-order valence-corrected chi connectivity index (χ4v) is 2.11. The van der Waals surface area contributed by atoms with Crippen molar-refractivity contribution in [2.45, 2.75) is 25.9 Å². The molecule has 1 aliphatic heterocycles. The number of fused-ring (bicyclic) bond motifs is 1. The summed E-state index contributed by atoms with van der Waals surface area (Å²) < 4.78 is 5.66. The van der Waals surface area contributed by atoms with E-state index in [1.165, 1.54) is 0 Å². The lowest BCUT2D eigenvalue weighted by atomic mass is 10.0. The number of halogens is 1. The summed E-state index contributed by atoms with van der Waals surface area (Å²) in [5, 5.41) is 9.52. The van der Waals surface area contributed by atoms with Crippen molar-refractivity contribution in [3.05, 3.63) is 28.8 Å². The summed E-state index contributed by atoms with van der Waals surface area (Å²) in [6, 6.07) is 5.49. The van der Waals surface area contributed by atoms with Crippen LogP contribution in [0.3, 0.4) is 0 Å². The third-order valence-electron chi connectivity index (χ3n) is 2.80. The summed E-state index contributed by atoms with van der Waals surface area (Å²) in [5.41, 5.74) is 1.06. The van der Waals surface area contributed by atoms with Crippen LogP contribution in [0.15, 0.2) is 18.2 Å². The lowest BCUT2D eigenvalue weighted by molar-refractivity contribution is -0.141. The number of hydrogen-bond donors (Lipinski definition) is 1. The summed E-state index contributed by atoms with van der Waals surface area (Å²) in [6.07, 6.45) is 1.23. The Morgan fingerprint density at radius 3 is 3.12 bits per heavy atom. The zero-order chi connectivity index (χ0) is 11.7. The topological polar surface area (TPSA) is 46.5 Å². The number of hydrogen-bond acceptors (Lipinski definition) is 2. The van der Waals surface area contributed by atoms with Crippen molar-refractivity contribution in [2.75, 3.05) is 0 Å². The zero-order valence-corrected chi connectivity index (χ0v) is 9.70. The Hall–Kier alpha value is -1.22. The fraction of sp³-hybridized carbons (Fsp3) is 0.417. The molecule has 4 heteroatoms. The van der Waals surface area contributed by atoms with Crippen molar-refractivity contribution in [2.24, 2.45) is 5.92 Å². The second kappa shape index (κ2) is 4.34. The van der Waals surface area contributed by atoms with Gasteiger partial charge in [-0.15, -0.1) is 0 Å². The van der Waals surface area contributed by atoms with E-state index in [0.717, 1.165) is 17.7 Å². The lowest BCUT2D eigenvalue weighted by Gasteiger charge is -2.12. The Balaban J connectivity index is 2.03. The quantitative estimate of drug-likeness (QED) is 0.884. The third-order valence-corrected chi connectivity index (χ3v) is 3.04. The van der Waals surface area contributed by atoms with Crippen LogP contribution in [0.4, 0.5) is 0 Å². The minimum absolute atomic E-state index is 0.0421. The van der Waals surface area contributed by atoms with Crippen LogP contribution < -0.4 is 4.74 Å². The van der Waals surface area contributed by atoms with E-state index in [1.807, 2.05) is 12.1 Å². The molecular formula is C12H13ClO3. The molecule has 0 aliphatic carbocycles. The number of benzene rings is 1. The standard InChI is InChI=1S/C12H13ClO3/c1-7(12(14)15)4-10-6-8-5-9(13)2-3-11(8)16-10/h2-3,5,7,10H,4,6H2,1H3,(H,14,15). The van der Waals surface area contributed by atoms with Crippen LogP contribution in [-0.2, 0) is 11.2 Å². The summed E-state index contributed by atoms with van der Waals surface area (Å²) in [5.74, 6) is -0.334. The average molecular weight is 241 g/mol. The molecule has 0 fully saturated rings. The molecular weight excluding hydrogens is 228 g/mol. The van der Waals surface area contributed by atoms with Crippen LogP contribution in [0, 0.1) is 5.92 Å². The van der Waals surface area contributed by atoms with Gasteiger partial charge in [-0.1, -0.05) is 18.5 Å². The molecule has 0 bridgehead atoms. The van der Waals surface area contributed by atoms with Gasteiger partial charge in [-0.05, 0) is 30.2 Å². The molecule has 0 radical (unpaired) electrons. The number of aliphatic carboxylic acids is 1. The van der Waals surface area contributed by atoms with E-state index in [1.54, 1.807) is 13.0 Å². The summed E-state index contributed by atoms with van der Waals surface area (Å²) in [4.78, 5) is 10.7. The largest absolute Gasteiger partial charge is 0.490 e. The van der Waals surface area contributed by atoms with Crippen LogP contribution in [0.25, 0.3) is 0 Å². The summed E-state index contributed by atoms with van der Waals surface area (Å²) in [7, 11) is 0. The molecule has 3 nitrogen and oxygen atoms in total. The molecule has 1 aromatic rings. The van der Waals surface area contributed by atoms with Crippen molar-refractivity contribution < 1.29 is 14.6 Å². The second-order valence-electron chi connectivity index (χ2n) is 4.17. The van der Waals surface area contributed by atoms with Gasteiger partial charge < -0.3 is 9.84 Å². The first kappa shape index (κ1) is 11.3. The van der Waals surface area contributed by atoms with Crippen LogP contribution in [-0.4, -0.2) is 17.2 Å². The van der Waals surface area contributed by atoms with E-state index >= 15 is 0 Å². The smallest absolute Gasteiger partial charge is 0.306 e. The summed E-state index contributed by atoms with van der Waals surface area (Å²) >= 11 is 5.88. The molecule has 86 valence electrons. The first-order valence-electron chi connectivity index (χ1n) is 5.24. The van der Waals surface area contributed by atoms with Crippen molar-refractivity contribution in [3.8, 4) is 5.75 Å². The molecule has 1 heterocycles. The Kier molecular flexibility index (Phi) is 3.06. The number of carbonyl (C=O) groups is 1. The minimum atomic E-state index is -0.780. The van der Waals surface area contributed by atoms with Crippen molar-refractivity contribution >= 4 is 17.6 Å². The lowest BCUT2D eigenvalue weighted by Crippen LogP contribution is -2.21. The minimum Gasteiger partial charge on any atom is -0.490 e. The average Bonchev–Trinajstić information content (AvgIpc) is 2.58. The van der Waals surface area contributed by atoms with Gasteiger partial charge in [0.15, 0.2) is 0 Å². The highest BCUT2D eigenvalue weighted by Crippen LogP contribution is 2.33. The van der Waals surface area contributed by atoms with Gasteiger partial charge in [-0.3, -0.25) is 4.79 Å². The van der Waals surface area contributed by atoms with Crippen LogP contribution in [0.2, 0.25) is 5.02 Å². The Bertz CT molecular complexity index is 417. The second-order valence-corrected chi connectivity index (χ2v) is 4.61. The maximum absolute atomic E-state index is 10.7. The summed E-state index contributed by atoms with van der Waals surface area (Å²) in [6.45, 7) is 1.70. The van der Waals surface area contributed by atoms with Gasteiger partial charge in [0.05, 0.1) is 5.92 Å². The van der Waals surface area contributed by atoms with Gasteiger partial charge in [0.2, 0.25) is 0 Å². The van der Waals surface area contributed by atoms with Gasteiger partial charge in [0.1, 0.15) is 11.9 Å². The Morgan fingerprint density at radius 2 is 2.44 bits per heavy atom. The molecule has 0 amide bonds. The molecule has 0 saturated carbocycles. The van der Waals surface area contributed by atoms with Gasteiger partial charge in [-0.25, -0.2) is 0 Å². The zero-order valence-electron chi connectivity index (χ0n) is 8.94. The van der Waals surface area contributed by atoms with Gasteiger partial charge >= 0.3 is 5.97 Å². The van der Waals surface area contributed by atoms with Gasteiger partial charge in [0.25, 0.3) is 0 Å². The number of ether oxygens (including phenoxy) is 1. The third kappa shape index (κ3) is 2.30. The van der Waals surface area contributed by atoms with Gasteiger partial charge in [-0.2, -0.15) is 0 Å². The van der Waals surface area contributed by atoms with Gasteiger partial charge in [0, 0.05) is 11.4 Å². The monoisotopic (exact) mass is 240 g/mol. The molecule has 16 heavy (non-hydrogen) atoms. The molecule has 2 unspecified atom stereocenters. The van der Waals surface area contributed by atoms with Crippen LogP contribution in [0.5, 0.6) is 5.75 Å². The molecule has 2 atom stereocenters. The first-order valence-corrected chi connectivity index (χ1v) is 5.62. The van der Waals surface area contributed by atoms with E-state index in [2.05, 4.69) is 0 Å². The van der Waals surface area contributed by atoms with Crippen molar-refractivity contribution in [1.82, 2.24) is 0 Å². The highest BCUT2D eigenvalue weighted by molar-refractivity contribution is 6.30.